The fraction of sp³-hybridized carbons (Fsp3) is 0.357. The number of fused-ring (bicyclic) bond motifs is 2. The smallest absolute Gasteiger partial charge is 0.272 e. The average molecular weight is 517 g/mol. The number of nitrogens with two attached hydrogens (primary N) is 2. The number of aromatic nitrogens is 1. The van der Waals surface area contributed by atoms with E-state index in [4.69, 9.17) is 26.1 Å². The molecule has 0 radical (unpaired) electrons. The van der Waals surface area contributed by atoms with Crippen molar-refractivity contribution in [3.63, 3.8) is 0 Å². The Morgan fingerprint density at radius 1 is 1.21 bits per heavy atom. The molecule has 0 bridgehead atoms. The third-order valence-corrected chi connectivity index (χ3v) is 7.38. The number of piperidine rings is 1. The van der Waals surface area contributed by atoms with Crippen LogP contribution in [0.4, 0.5) is 0 Å². The maximum absolute atomic E-state index is 13.6. The number of hydrogen-bond donors (Lipinski definition) is 3. The first-order chi connectivity index (χ1) is 18.4. The van der Waals surface area contributed by atoms with Crippen molar-refractivity contribution in [3.05, 3.63) is 64.8 Å². The fourth-order valence-electron chi connectivity index (χ4n) is 5.34. The van der Waals surface area contributed by atoms with Crippen LogP contribution in [-0.4, -0.2) is 52.7 Å². The molecule has 5 rings (SSSR count). The number of Topliss-reactive ketones (excluding diaryl/α,β-unsaturated/α-hetero) is 1. The van der Waals surface area contributed by atoms with Gasteiger partial charge in [0.15, 0.2) is 11.6 Å². The minimum Gasteiger partial charge on any atom is -0.493 e. The summed E-state index contributed by atoms with van der Waals surface area (Å²) in [6.45, 7) is 5.40. The predicted molar refractivity (Wildman–Crippen MR) is 144 cm³/mol. The van der Waals surface area contributed by atoms with Crippen LogP contribution in [0.15, 0.2) is 47.6 Å². The van der Waals surface area contributed by atoms with Gasteiger partial charge in [0.1, 0.15) is 22.8 Å². The minimum atomic E-state index is -0.651. The Morgan fingerprint density at radius 3 is 2.68 bits per heavy atom. The first-order valence-corrected chi connectivity index (χ1v) is 12.9. The lowest BCUT2D eigenvalue weighted by Gasteiger charge is -2.44. The Balaban J connectivity index is 1.35. The van der Waals surface area contributed by atoms with Crippen molar-refractivity contribution >= 4 is 28.4 Å². The lowest BCUT2D eigenvalue weighted by Crippen LogP contribution is -2.52. The van der Waals surface area contributed by atoms with Gasteiger partial charge in [-0.2, -0.15) is 5.10 Å². The molecule has 38 heavy (non-hydrogen) atoms. The number of carbonyl (C=O) groups is 2. The van der Waals surface area contributed by atoms with Crippen LogP contribution in [-0.2, 0) is 6.42 Å². The second-order valence-electron chi connectivity index (χ2n) is 9.62. The molecule has 2 aliphatic rings. The molecule has 1 fully saturated rings. The highest BCUT2D eigenvalue weighted by molar-refractivity contribution is 6.05. The van der Waals surface area contributed by atoms with E-state index in [1.165, 1.54) is 0 Å². The van der Waals surface area contributed by atoms with E-state index in [1.807, 2.05) is 25.1 Å². The zero-order chi connectivity index (χ0) is 26.9. The summed E-state index contributed by atoms with van der Waals surface area (Å²) in [5.74, 6) is 12.1. The number of rotatable bonds is 5. The second-order valence-corrected chi connectivity index (χ2v) is 9.62. The number of para-hydroxylation sites is 1. The third kappa shape index (κ3) is 4.51. The number of ether oxygens (including phenoxy) is 2. The Bertz CT molecular complexity index is 1430. The number of aryl methyl sites for hydroxylation is 1. The van der Waals surface area contributed by atoms with E-state index < -0.39 is 5.60 Å². The number of pyridine rings is 1. The van der Waals surface area contributed by atoms with Gasteiger partial charge in [-0.1, -0.05) is 19.1 Å². The van der Waals surface area contributed by atoms with Crippen LogP contribution >= 0.6 is 0 Å². The van der Waals surface area contributed by atoms with Crippen LogP contribution in [0.3, 0.4) is 0 Å². The van der Waals surface area contributed by atoms with Gasteiger partial charge in [0.05, 0.1) is 24.1 Å². The van der Waals surface area contributed by atoms with Crippen LogP contribution in [0.2, 0.25) is 0 Å². The van der Waals surface area contributed by atoms with Gasteiger partial charge in [-0.25, -0.2) is 10.8 Å². The highest BCUT2D eigenvalue weighted by Gasteiger charge is 2.44. The lowest BCUT2D eigenvalue weighted by molar-refractivity contribution is -0.00585. The van der Waals surface area contributed by atoms with Gasteiger partial charge in [0, 0.05) is 42.9 Å². The van der Waals surface area contributed by atoms with E-state index in [0.29, 0.717) is 60.9 Å². The van der Waals surface area contributed by atoms with Crippen LogP contribution < -0.4 is 26.6 Å². The van der Waals surface area contributed by atoms with Crippen molar-refractivity contribution in [1.29, 1.82) is 0 Å². The zero-order valence-corrected chi connectivity index (χ0v) is 21.6. The van der Waals surface area contributed by atoms with Gasteiger partial charge in [0.25, 0.3) is 5.91 Å². The number of nitrogens with one attached hydrogen (secondary N) is 1. The summed E-state index contributed by atoms with van der Waals surface area (Å²) in [4.78, 5) is 33.2. The molecule has 1 saturated heterocycles. The van der Waals surface area contributed by atoms with Crippen molar-refractivity contribution in [2.45, 2.75) is 45.1 Å². The second kappa shape index (κ2) is 10.3. The number of hydrazine groups is 1. The predicted octanol–water partition coefficient (Wildman–Crippen LogP) is 2.92. The summed E-state index contributed by atoms with van der Waals surface area (Å²) in [6.07, 6.45) is 2.12. The highest BCUT2D eigenvalue weighted by atomic mass is 16.5. The molecule has 1 aromatic heterocycles. The summed E-state index contributed by atoms with van der Waals surface area (Å²) in [7, 11) is 0. The van der Waals surface area contributed by atoms with Gasteiger partial charge in [-0.15, -0.1) is 0 Å². The number of benzene rings is 2. The van der Waals surface area contributed by atoms with Crippen LogP contribution in [0.5, 0.6) is 11.5 Å². The molecule has 0 atom stereocenters. The summed E-state index contributed by atoms with van der Waals surface area (Å²) >= 11 is 0. The van der Waals surface area contributed by atoms with Gasteiger partial charge in [0.2, 0.25) is 0 Å². The zero-order valence-electron chi connectivity index (χ0n) is 21.6. The van der Waals surface area contributed by atoms with Crippen molar-refractivity contribution in [3.8, 4) is 11.5 Å². The van der Waals surface area contributed by atoms with Crippen molar-refractivity contribution in [2.75, 3.05) is 19.7 Å². The van der Waals surface area contributed by atoms with Crippen LogP contribution in [0.1, 0.15) is 65.1 Å². The largest absolute Gasteiger partial charge is 0.493 e. The summed E-state index contributed by atoms with van der Waals surface area (Å²) < 4.78 is 12.3. The Labute approximate surface area is 220 Å². The molecular weight excluding hydrogens is 484 g/mol. The molecule has 3 aromatic rings. The fourth-order valence-corrected chi connectivity index (χ4v) is 5.34. The number of ketones is 1. The van der Waals surface area contributed by atoms with E-state index in [-0.39, 0.29) is 23.9 Å². The van der Waals surface area contributed by atoms with Gasteiger partial charge >= 0.3 is 0 Å². The van der Waals surface area contributed by atoms with Crippen molar-refractivity contribution < 1.29 is 19.1 Å². The molecule has 3 heterocycles. The summed E-state index contributed by atoms with van der Waals surface area (Å²) in [6, 6.07) is 12.9. The average Bonchev–Trinajstić information content (AvgIpc) is 2.94. The van der Waals surface area contributed by atoms with Gasteiger partial charge < -0.3 is 25.6 Å². The van der Waals surface area contributed by atoms with Crippen LogP contribution in [0.25, 0.3) is 10.9 Å². The molecule has 1 amide bonds. The minimum absolute atomic E-state index is 0.0223. The number of likely N-dealkylation sites (tertiary alicyclic amines) is 1. The normalized spacial score (nSPS) is 16.8. The molecule has 2 aliphatic heterocycles. The van der Waals surface area contributed by atoms with E-state index in [0.717, 1.165) is 22.9 Å². The molecular formula is C28H32N6O4. The molecule has 0 unspecified atom stereocenters. The summed E-state index contributed by atoms with van der Waals surface area (Å²) in [5.41, 5.74) is 5.07. The Morgan fingerprint density at radius 2 is 2.00 bits per heavy atom. The maximum Gasteiger partial charge on any atom is 0.272 e. The molecule has 0 saturated carbocycles. The number of nitrogens with zero attached hydrogens (tertiary/aromatic N) is 3. The SMILES string of the molecule is CCOc1cc(C(=O)N2CCC3(CC2)CC(=O)c2cc(/C(=N/N)NN)ccc2O3)nc2c(CC)cccc12. The Kier molecular flexibility index (Phi) is 6.90. The van der Waals surface area contributed by atoms with Crippen LogP contribution in [0, 0.1) is 0 Å². The third-order valence-electron chi connectivity index (χ3n) is 7.38. The molecule has 0 aliphatic carbocycles. The molecule has 1 spiro atoms. The topological polar surface area (TPSA) is 145 Å². The number of amides is 1. The number of hydrazone groups is 1. The molecule has 198 valence electrons. The van der Waals surface area contributed by atoms with Crippen molar-refractivity contribution in [1.82, 2.24) is 15.3 Å². The van der Waals surface area contributed by atoms with E-state index in [9.17, 15) is 9.59 Å². The number of carbonyl (C=O) groups excluding carboxylic acids is 2. The Hall–Kier alpha value is -4.18. The number of amidine groups is 1. The quantitative estimate of drug-likeness (QED) is 0.203. The van der Waals surface area contributed by atoms with E-state index >= 15 is 0 Å². The highest BCUT2D eigenvalue weighted by Crippen LogP contribution is 2.40. The van der Waals surface area contributed by atoms with Gasteiger partial charge in [-0.3, -0.25) is 9.59 Å². The first-order valence-electron chi connectivity index (χ1n) is 12.9. The number of hydrogen-bond acceptors (Lipinski definition) is 8. The standard InChI is InChI=1S/C28H32N6O4/c1-3-17-6-5-7-19-24(37-4-2)15-21(31-25(17)19)27(36)34-12-10-28(11-13-34)16-22(35)20-14-18(26(32-29)33-30)8-9-23(20)38-28/h5-9,14-15H,3-4,10-13,16,29-30H2,1-2H3,(H,32,33). The van der Waals surface area contributed by atoms with Gasteiger partial charge in [-0.05, 0) is 43.2 Å². The summed E-state index contributed by atoms with van der Waals surface area (Å²) in [5, 5.41) is 4.51. The monoisotopic (exact) mass is 516 g/mol. The van der Waals surface area contributed by atoms with E-state index in [1.54, 1.807) is 29.2 Å². The first kappa shape index (κ1) is 25.5. The van der Waals surface area contributed by atoms with E-state index in [2.05, 4.69) is 17.5 Å². The maximum atomic E-state index is 13.6. The van der Waals surface area contributed by atoms with Crippen molar-refractivity contribution in [2.24, 2.45) is 16.8 Å². The molecule has 10 heteroatoms. The lowest BCUT2D eigenvalue weighted by atomic mass is 9.82. The molecule has 2 aromatic carbocycles. The molecule has 10 nitrogen and oxygen atoms in total. The molecule has 5 N–H and O–H groups in total.